The fourth-order valence-corrected chi connectivity index (χ4v) is 2.11. The van der Waals surface area contributed by atoms with Crippen molar-refractivity contribution >= 4 is 17.3 Å². The van der Waals surface area contributed by atoms with Gasteiger partial charge in [-0.25, -0.2) is 4.79 Å². The Morgan fingerprint density at radius 3 is 2.89 bits per heavy atom. The van der Waals surface area contributed by atoms with Crippen molar-refractivity contribution < 1.29 is 14.3 Å². The minimum atomic E-state index is -0.379. The third-order valence-corrected chi connectivity index (χ3v) is 3.14. The minimum Gasteiger partial charge on any atom is -0.462 e. The molecule has 0 unspecified atom stereocenters. The zero-order valence-electron chi connectivity index (χ0n) is 11.1. The molecule has 0 aliphatic carbocycles. The molecule has 0 amide bonds. The number of hydrogen-bond donors (Lipinski definition) is 2. The Morgan fingerprint density at radius 1 is 1.47 bits per heavy atom. The van der Waals surface area contributed by atoms with Crippen molar-refractivity contribution in [3.63, 3.8) is 0 Å². The summed E-state index contributed by atoms with van der Waals surface area (Å²) in [6, 6.07) is 5.75. The molecular formula is C14H20N2O3. The lowest BCUT2D eigenvalue weighted by Gasteiger charge is -2.24. The molecule has 19 heavy (non-hydrogen) atoms. The zero-order valence-corrected chi connectivity index (χ0v) is 11.1. The van der Waals surface area contributed by atoms with Gasteiger partial charge < -0.3 is 20.5 Å². The summed E-state index contributed by atoms with van der Waals surface area (Å²) in [5.74, 6) is -0.379. The number of ether oxygens (including phenoxy) is 2. The van der Waals surface area contributed by atoms with Crippen molar-refractivity contribution in [1.82, 2.24) is 0 Å². The van der Waals surface area contributed by atoms with Gasteiger partial charge in [0.15, 0.2) is 0 Å². The van der Waals surface area contributed by atoms with Crippen LogP contribution in [-0.4, -0.2) is 31.8 Å². The van der Waals surface area contributed by atoms with Crippen LogP contribution >= 0.6 is 0 Å². The van der Waals surface area contributed by atoms with Gasteiger partial charge >= 0.3 is 5.97 Å². The Kier molecular flexibility index (Phi) is 4.63. The van der Waals surface area contributed by atoms with Crippen LogP contribution in [0, 0.1) is 0 Å². The summed E-state index contributed by atoms with van der Waals surface area (Å²) < 4.78 is 10.3. The van der Waals surface area contributed by atoms with Crippen LogP contribution in [0.25, 0.3) is 0 Å². The maximum atomic E-state index is 11.8. The van der Waals surface area contributed by atoms with Gasteiger partial charge in [0.1, 0.15) is 0 Å². The largest absolute Gasteiger partial charge is 0.462 e. The molecule has 1 aliphatic rings. The number of benzene rings is 1. The first-order valence-corrected chi connectivity index (χ1v) is 6.61. The number of anilines is 2. The highest BCUT2D eigenvalue weighted by atomic mass is 16.5. The third-order valence-electron chi connectivity index (χ3n) is 3.14. The predicted octanol–water partition coefficient (Wildman–Crippen LogP) is 2.04. The molecule has 0 bridgehead atoms. The fraction of sp³-hybridized carbons (Fsp3) is 0.500. The lowest BCUT2D eigenvalue weighted by molar-refractivity contribution is 0.0527. The van der Waals surface area contributed by atoms with E-state index >= 15 is 0 Å². The summed E-state index contributed by atoms with van der Waals surface area (Å²) in [5.41, 5.74) is 7.55. The van der Waals surface area contributed by atoms with E-state index in [0.29, 0.717) is 23.9 Å². The van der Waals surface area contributed by atoms with E-state index in [1.807, 2.05) is 6.07 Å². The zero-order chi connectivity index (χ0) is 13.7. The summed E-state index contributed by atoms with van der Waals surface area (Å²) >= 11 is 0. The average Bonchev–Trinajstić information content (AvgIpc) is 2.42. The Morgan fingerprint density at radius 2 is 2.21 bits per heavy atom. The molecule has 2 rings (SSSR count). The van der Waals surface area contributed by atoms with Gasteiger partial charge in [-0.1, -0.05) is 0 Å². The topological polar surface area (TPSA) is 73.6 Å². The van der Waals surface area contributed by atoms with Gasteiger partial charge in [-0.2, -0.15) is 0 Å². The molecule has 104 valence electrons. The molecule has 1 heterocycles. The summed E-state index contributed by atoms with van der Waals surface area (Å²) in [4.78, 5) is 11.8. The molecule has 0 aromatic heterocycles. The lowest BCUT2D eigenvalue weighted by Crippen LogP contribution is -2.27. The van der Waals surface area contributed by atoms with Crippen molar-refractivity contribution in [3.05, 3.63) is 23.8 Å². The normalized spacial score (nSPS) is 16.1. The van der Waals surface area contributed by atoms with Crippen molar-refractivity contribution in [2.75, 3.05) is 30.9 Å². The van der Waals surface area contributed by atoms with Crippen molar-refractivity contribution in [1.29, 1.82) is 0 Å². The molecule has 3 N–H and O–H groups in total. The van der Waals surface area contributed by atoms with Gasteiger partial charge in [-0.05, 0) is 38.0 Å². The molecule has 0 spiro atoms. The second-order valence-electron chi connectivity index (χ2n) is 4.55. The summed E-state index contributed by atoms with van der Waals surface area (Å²) in [6.45, 7) is 3.67. The molecule has 1 aromatic carbocycles. The monoisotopic (exact) mass is 264 g/mol. The fourth-order valence-electron chi connectivity index (χ4n) is 2.11. The van der Waals surface area contributed by atoms with Gasteiger partial charge in [0, 0.05) is 30.6 Å². The van der Waals surface area contributed by atoms with E-state index in [1.54, 1.807) is 19.1 Å². The number of nitrogens with one attached hydrogen (secondary N) is 1. The van der Waals surface area contributed by atoms with Crippen LogP contribution in [0.1, 0.15) is 30.1 Å². The van der Waals surface area contributed by atoms with Crippen molar-refractivity contribution in [2.45, 2.75) is 25.8 Å². The number of carbonyl (C=O) groups is 1. The Balaban J connectivity index is 2.08. The molecule has 5 nitrogen and oxygen atoms in total. The molecule has 5 heteroatoms. The molecule has 1 aromatic rings. The number of rotatable bonds is 4. The van der Waals surface area contributed by atoms with E-state index in [4.69, 9.17) is 15.2 Å². The first kappa shape index (κ1) is 13.7. The SMILES string of the molecule is CCOC(=O)c1cc(NC2CCOCC2)ccc1N. The number of nitrogen functional groups attached to an aromatic ring is 1. The van der Waals surface area contributed by atoms with Crippen LogP contribution in [0.3, 0.4) is 0 Å². The Bertz CT molecular complexity index is 442. The van der Waals surface area contributed by atoms with Gasteiger partial charge in [0.05, 0.1) is 12.2 Å². The number of hydrogen-bond acceptors (Lipinski definition) is 5. The quantitative estimate of drug-likeness (QED) is 0.643. The Hall–Kier alpha value is -1.75. The van der Waals surface area contributed by atoms with E-state index in [2.05, 4.69) is 5.32 Å². The third kappa shape index (κ3) is 3.61. The summed E-state index contributed by atoms with van der Waals surface area (Å²) in [5, 5.41) is 3.40. The second-order valence-corrected chi connectivity index (χ2v) is 4.55. The lowest BCUT2D eigenvalue weighted by atomic mass is 10.1. The molecule has 0 atom stereocenters. The maximum Gasteiger partial charge on any atom is 0.340 e. The first-order valence-electron chi connectivity index (χ1n) is 6.61. The number of nitrogens with two attached hydrogens (primary N) is 1. The van der Waals surface area contributed by atoms with Crippen LogP contribution in [0.15, 0.2) is 18.2 Å². The number of carbonyl (C=O) groups excluding carboxylic acids is 1. The molecule has 1 saturated heterocycles. The van der Waals surface area contributed by atoms with E-state index in [0.717, 1.165) is 31.7 Å². The summed E-state index contributed by atoms with van der Waals surface area (Å²) in [7, 11) is 0. The highest BCUT2D eigenvalue weighted by Crippen LogP contribution is 2.21. The smallest absolute Gasteiger partial charge is 0.340 e. The van der Waals surface area contributed by atoms with Crippen molar-refractivity contribution in [2.24, 2.45) is 0 Å². The van der Waals surface area contributed by atoms with Crippen LogP contribution < -0.4 is 11.1 Å². The van der Waals surface area contributed by atoms with Gasteiger partial charge in [0.2, 0.25) is 0 Å². The van der Waals surface area contributed by atoms with Gasteiger partial charge in [-0.3, -0.25) is 0 Å². The van der Waals surface area contributed by atoms with Crippen LogP contribution in [0.5, 0.6) is 0 Å². The Labute approximate surface area is 113 Å². The molecule has 0 radical (unpaired) electrons. The standard InChI is InChI=1S/C14H20N2O3/c1-2-19-14(17)12-9-11(3-4-13(12)15)16-10-5-7-18-8-6-10/h3-4,9-10,16H,2,5-8,15H2,1H3. The maximum absolute atomic E-state index is 11.8. The molecule has 0 saturated carbocycles. The highest BCUT2D eigenvalue weighted by molar-refractivity contribution is 5.96. The van der Waals surface area contributed by atoms with E-state index in [-0.39, 0.29) is 5.97 Å². The van der Waals surface area contributed by atoms with E-state index in [9.17, 15) is 4.79 Å². The van der Waals surface area contributed by atoms with Crippen LogP contribution in [0.2, 0.25) is 0 Å². The van der Waals surface area contributed by atoms with E-state index in [1.165, 1.54) is 0 Å². The predicted molar refractivity (Wildman–Crippen MR) is 74.3 cm³/mol. The number of esters is 1. The minimum absolute atomic E-state index is 0.343. The first-order chi connectivity index (χ1) is 9.20. The van der Waals surface area contributed by atoms with Crippen LogP contribution in [0.4, 0.5) is 11.4 Å². The van der Waals surface area contributed by atoms with Gasteiger partial charge in [-0.15, -0.1) is 0 Å². The molecule has 1 fully saturated rings. The van der Waals surface area contributed by atoms with Gasteiger partial charge in [0.25, 0.3) is 0 Å². The molecular weight excluding hydrogens is 244 g/mol. The highest BCUT2D eigenvalue weighted by Gasteiger charge is 2.15. The molecule has 1 aliphatic heterocycles. The van der Waals surface area contributed by atoms with Crippen molar-refractivity contribution in [3.8, 4) is 0 Å². The van der Waals surface area contributed by atoms with Crippen LogP contribution in [-0.2, 0) is 9.47 Å². The average molecular weight is 264 g/mol. The van der Waals surface area contributed by atoms with E-state index < -0.39 is 0 Å². The second kappa shape index (κ2) is 6.43. The summed E-state index contributed by atoms with van der Waals surface area (Å²) in [6.07, 6.45) is 1.94.